The van der Waals surface area contributed by atoms with Crippen LogP contribution < -0.4 is 4.74 Å². The van der Waals surface area contributed by atoms with Crippen LogP contribution in [-0.4, -0.2) is 17.0 Å². The number of ether oxygens (including phenoxy) is 1. The highest BCUT2D eigenvalue weighted by molar-refractivity contribution is 5.89. The summed E-state index contributed by atoms with van der Waals surface area (Å²) in [6, 6.07) is 5.57. The first-order chi connectivity index (χ1) is 7.00. The van der Waals surface area contributed by atoms with Gasteiger partial charge in [-0.2, -0.15) is 0 Å². The Kier molecular flexibility index (Phi) is 3.23. The summed E-state index contributed by atoms with van der Waals surface area (Å²) >= 11 is 0. The van der Waals surface area contributed by atoms with E-state index in [4.69, 9.17) is 9.84 Å². The van der Waals surface area contributed by atoms with E-state index < -0.39 is 11.9 Å². The molecule has 4 nitrogen and oxygen atoms in total. The van der Waals surface area contributed by atoms with Crippen molar-refractivity contribution in [2.24, 2.45) is 0 Å². The van der Waals surface area contributed by atoms with Crippen LogP contribution in [0.3, 0.4) is 0 Å². The third kappa shape index (κ3) is 2.95. The van der Waals surface area contributed by atoms with Gasteiger partial charge in [-0.15, -0.1) is 0 Å². The van der Waals surface area contributed by atoms with Crippen molar-refractivity contribution in [2.45, 2.75) is 6.92 Å². The summed E-state index contributed by atoms with van der Waals surface area (Å²) in [7, 11) is 0. The second-order valence-electron chi connectivity index (χ2n) is 3.00. The van der Waals surface area contributed by atoms with Gasteiger partial charge in [0.2, 0.25) is 0 Å². The first kappa shape index (κ1) is 11.0. The van der Waals surface area contributed by atoms with E-state index in [2.05, 4.69) is 6.58 Å². The lowest BCUT2D eigenvalue weighted by atomic mass is 10.2. The van der Waals surface area contributed by atoms with Crippen LogP contribution in [0.5, 0.6) is 5.75 Å². The average molecular weight is 206 g/mol. The Bertz CT molecular complexity index is 403. The third-order valence-electron chi connectivity index (χ3n) is 1.66. The zero-order valence-corrected chi connectivity index (χ0v) is 8.19. The molecule has 1 rings (SSSR count). The molecule has 15 heavy (non-hydrogen) atoms. The Morgan fingerprint density at radius 3 is 2.20 bits per heavy atom. The van der Waals surface area contributed by atoms with Gasteiger partial charge in [-0.25, -0.2) is 9.59 Å². The molecule has 0 fully saturated rings. The Morgan fingerprint density at radius 2 is 1.80 bits per heavy atom. The maximum atomic E-state index is 11.1. The molecule has 0 unspecified atom stereocenters. The van der Waals surface area contributed by atoms with Crippen molar-refractivity contribution in [3.05, 3.63) is 42.0 Å². The van der Waals surface area contributed by atoms with E-state index in [1.807, 2.05) is 0 Å². The molecule has 0 heterocycles. The van der Waals surface area contributed by atoms with Crippen LogP contribution in [0.2, 0.25) is 0 Å². The lowest BCUT2D eigenvalue weighted by Crippen LogP contribution is -2.08. The van der Waals surface area contributed by atoms with Crippen LogP contribution >= 0.6 is 0 Å². The fraction of sp³-hybridized carbons (Fsp3) is 0.0909. The molecule has 0 aromatic heterocycles. The number of aromatic carboxylic acids is 1. The quantitative estimate of drug-likeness (QED) is 0.465. The number of carboxylic acids is 1. The highest BCUT2D eigenvalue weighted by Gasteiger charge is 2.06. The Balaban J connectivity index is 2.77. The molecular weight excluding hydrogens is 196 g/mol. The molecule has 0 aliphatic heterocycles. The summed E-state index contributed by atoms with van der Waals surface area (Å²) in [6.45, 7) is 4.96. The van der Waals surface area contributed by atoms with Gasteiger partial charge >= 0.3 is 11.9 Å². The maximum Gasteiger partial charge on any atom is 0.338 e. The summed E-state index contributed by atoms with van der Waals surface area (Å²) < 4.78 is 4.88. The van der Waals surface area contributed by atoms with Gasteiger partial charge < -0.3 is 9.84 Å². The molecular formula is C11H10O4. The molecule has 0 radical (unpaired) electrons. The highest BCUT2D eigenvalue weighted by Crippen LogP contribution is 2.13. The topological polar surface area (TPSA) is 63.6 Å². The molecule has 0 amide bonds. The molecule has 0 aliphatic rings. The lowest BCUT2D eigenvalue weighted by Gasteiger charge is -2.03. The highest BCUT2D eigenvalue weighted by atomic mass is 16.5. The predicted molar refractivity (Wildman–Crippen MR) is 53.9 cm³/mol. The van der Waals surface area contributed by atoms with Gasteiger partial charge in [-0.1, -0.05) is 6.58 Å². The van der Waals surface area contributed by atoms with E-state index >= 15 is 0 Å². The molecule has 1 aromatic carbocycles. The molecule has 0 aliphatic carbocycles. The minimum absolute atomic E-state index is 0.144. The van der Waals surface area contributed by atoms with Crippen LogP contribution in [0.4, 0.5) is 0 Å². The van der Waals surface area contributed by atoms with Crippen molar-refractivity contribution in [3.63, 3.8) is 0 Å². The first-order valence-electron chi connectivity index (χ1n) is 4.22. The average Bonchev–Trinajstić information content (AvgIpc) is 2.18. The van der Waals surface area contributed by atoms with E-state index in [0.29, 0.717) is 5.75 Å². The second-order valence-corrected chi connectivity index (χ2v) is 3.00. The Hall–Kier alpha value is -2.10. The van der Waals surface area contributed by atoms with Crippen LogP contribution in [0.25, 0.3) is 0 Å². The Morgan fingerprint density at radius 1 is 1.27 bits per heavy atom. The summed E-state index contributed by atoms with van der Waals surface area (Å²) in [4.78, 5) is 21.6. The van der Waals surface area contributed by atoms with Gasteiger partial charge in [-0.3, -0.25) is 0 Å². The van der Waals surface area contributed by atoms with Crippen molar-refractivity contribution in [3.8, 4) is 5.75 Å². The van der Waals surface area contributed by atoms with Crippen molar-refractivity contribution < 1.29 is 19.4 Å². The molecule has 0 spiro atoms. The Labute approximate surface area is 86.8 Å². The van der Waals surface area contributed by atoms with Gasteiger partial charge in [0.05, 0.1) is 5.56 Å². The number of carboxylic acid groups (broad SMARTS) is 1. The predicted octanol–water partition coefficient (Wildman–Crippen LogP) is 1.87. The van der Waals surface area contributed by atoms with Gasteiger partial charge in [0.25, 0.3) is 0 Å². The maximum absolute atomic E-state index is 11.1. The van der Waals surface area contributed by atoms with E-state index in [1.165, 1.54) is 31.2 Å². The van der Waals surface area contributed by atoms with E-state index in [1.54, 1.807) is 0 Å². The molecule has 0 saturated heterocycles. The number of rotatable bonds is 3. The SMILES string of the molecule is C=C(C)C(=O)Oc1ccc(C(=O)O)cc1. The summed E-state index contributed by atoms with van der Waals surface area (Å²) in [5, 5.41) is 8.62. The fourth-order valence-corrected chi connectivity index (χ4v) is 0.860. The first-order valence-corrected chi connectivity index (χ1v) is 4.22. The van der Waals surface area contributed by atoms with Gasteiger partial charge in [0.1, 0.15) is 5.75 Å². The smallest absolute Gasteiger partial charge is 0.338 e. The molecule has 4 heteroatoms. The number of benzene rings is 1. The second kappa shape index (κ2) is 4.41. The molecule has 1 aromatic rings. The zero-order chi connectivity index (χ0) is 11.4. The van der Waals surface area contributed by atoms with Gasteiger partial charge in [-0.05, 0) is 31.2 Å². The number of esters is 1. The van der Waals surface area contributed by atoms with E-state index in [0.717, 1.165) is 0 Å². The van der Waals surface area contributed by atoms with Gasteiger partial charge in [0, 0.05) is 5.57 Å². The summed E-state index contributed by atoms with van der Waals surface area (Å²) in [5.41, 5.74) is 0.433. The van der Waals surface area contributed by atoms with Crippen molar-refractivity contribution >= 4 is 11.9 Å². The molecule has 0 bridgehead atoms. The van der Waals surface area contributed by atoms with Crippen molar-refractivity contribution in [1.29, 1.82) is 0 Å². The van der Waals surface area contributed by atoms with Crippen LogP contribution in [0.15, 0.2) is 36.4 Å². The molecule has 0 atom stereocenters. The van der Waals surface area contributed by atoms with Crippen LogP contribution in [-0.2, 0) is 4.79 Å². The van der Waals surface area contributed by atoms with Gasteiger partial charge in [0.15, 0.2) is 0 Å². The largest absolute Gasteiger partial charge is 0.478 e. The van der Waals surface area contributed by atoms with Crippen molar-refractivity contribution in [2.75, 3.05) is 0 Å². The van der Waals surface area contributed by atoms with Crippen LogP contribution in [0.1, 0.15) is 17.3 Å². The lowest BCUT2D eigenvalue weighted by molar-refractivity contribution is -0.130. The van der Waals surface area contributed by atoms with E-state index in [9.17, 15) is 9.59 Å². The summed E-state index contributed by atoms with van der Waals surface area (Å²) in [5.74, 6) is -1.25. The summed E-state index contributed by atoms with van der Waals surface area (Å²) in [6.07, 6.45) is 0. The molecule has 1 N–H and O–H groups in total. The number of carbonyl (C=O) groups excluding carboxylic acids is 1. The number of hydrogen-bond acceptors (Lipinski definition) is 3. The standard InChI is InChI=1S/C11H10O4/c1-7(2)11(14)15-9-5-3-8(4-6-9)10(12)13/h3-6H,1H2,2H3,(H,12,13). The van der Waals surface area contributed by atoms with Crippen LogP contribution in [0, 0.1) is 0 Å². The minimum atomic E-state index is -1.02. The normalized spacial score (nSPS) is 9.40. The van der Waals surface area contributed by atoms with Crippen molar-refractivity contribution in [1.82, 2.24) is 0 Å². The minimum Gasteiger partial charge on any atom is -0.478 e. The monoisotopic (exact) mass is 206 g/mol. The molecule has 78 valence electrons. The fourth-order valence-electron chi connectivity index (χ4n) is 0.860. The number of carbonyl (C=O) groups is 2. The third-order valence-corrected chi connectivity index (χ3v) is 1.66. The van der Waals surface area contributed by atoms with E-state index in [-0.39, 0.29) is 11.1 Å². The zero-order valence-electron chi connectivity index (χ0n) is 8.19. The number of hydrogen-bond donors (Lipinski definition) is 1. The molecule has 0 saturated carbocycles.